The van der Waals surface area contributed by atoms with Crippen LogP contribution in [0.15, 0.2) is 36.4 Å². The Kier molecular flexibility index (Phi) is 4.65. The van der Waals surface area contributed by atoms with E-state index in [0.717, 1.165) is 5.56 Å². The lowest BCUT2D eigenvalue weighted by Crippen LogP contribution is -2.20. The molecule has 0 spiro atoms. The van der Waals surface area contributed by atoms with Crippen LogP contribution in [0, 0.1) is 12.7 Å². The molecule has 0 fully saturated rings. The summed E-state index contributed by atoms with van der Waals surface area (Å²) in [6, 6.07) is 8.92. The van der Waals surface area contributed by atoms with E-state index in [1.165, 1.54) is 12.1 Å². The standard InChI is InChI=1S/C15H14ClFN2O2/c1-9-2-3-10(17)6-14(9)21-8-15(20)19-11-4-5-12(16)13(18)7-11/h2-7H,8,18H2,1H3,(H,19,20). The average molecular weight is 309 g/mol. The number of carbonyl (C=O) groups excluding carboxylic acids is 1. The van der Waals surface area contributed by atoms with Gasteiger partial charge in [-0.3, -0.25) is 4.79 Å². The van der Waals surface area contributed by atoms with E-state index in [4.69, 9.17) is 22.1 Å². The second-order valence-electron chi connectivity index (χ2n) is 4.48. The molecule has 0 radical (unpaired) electrons. The fourth-order valence-corrected chi connectivity index (χ4v) is 1.81. The molecule has 4 nitrogen and oxygen atoms in total. The first-order valence-corrected chi connectivity index (χ1v) is 6.57. The topological polar surface area (TPSA) is 64.3 Å². The molecule has 0 aromatic heterocycles. The Bertz CT molecular complexity index is 677. The van der Waals surface area contributed by atoms with E-state index >= 15 is 0 Å². The molecule has 3 N–H and O–H groups in total. The van der Waals surface area contributed by atoms with Crippen LogP contribution < -0.4 is 15.8 Å². The van der Waals surface area contributed by atoms with Gasteiger partial charge in [-0.1, -0.05) is 17.7 Å². The zero-order valence-electron chi connectivity index (χ0n) is 11.3. The second kappa shape index (κ2) is 6.45. The summed E-state index contributed by atoms with van der Waals surface area (Å²) in [5.74, 6) is -0.456. The third-order valence-corrected chi connectivity index (χ3v) is 3.13. The number of halogens is 2. The summed E-state index contributed by atoms with van der Waals surface area (Å²) in [5.41, 5.74) is 7.28. The molecule has 1 amide bonds. The number of nitrogens with one attached hydrogen (secondary N) is 1. The maximum Gasteiger partial charge on any atom is 0.262 e. The molecule has 0 atom stereocenters. The minimum atomic E-state index is -0.415. The average Bonchev–Trinajstić information content (AvgIpc) is 2.44. The van der Waals surface area contributed by atoms with Gasteiger partial charge in [0.05, 0.1) is 10.7 Å². The molecule has 0 heterocycles. The van der Waals surface area contributed by atoms with E-state index in [1.54, 1.807) is 31.2 Å². The molecule has 2 aromatic carbocycles. The highest BCUT2D eigenvalue weighted by Gasteiger charge is 2.07. The van der Waals surface area contributed by atoms with Crippen molar-refractivity contribution in [3.05, 3.63) is 52.8 Å². The Morgan fingerprint density at radius 2 is 2.10 bits per heavy atom. The summed E-state index contributed by atoms with van der Waals surface area (Å²) in [6.07, 6.45) is 0. The van der Waals surface area contributed by atoms with E-state index < -0.39 is 5.82 Å². The molecule has 0 aliphatic heterocycles. The van der Waals surface area contributed by atoms with Crippen molar-refractivity contribution in [2.45, 2.75) is 6.92 Å². The highest BCUT2D eigenvalue weighted by molar-refractivity contribution is 6.33. The smallest absolute Gasteiger partial charge is 0.262 e. The number of rotatable bonds is 4. The number of anilines is 2. The van der Waals surface area contributed by atoms with E-state index in [-0.39, 0.29) is 12.5 Å². The van der Waals surface area contributed by atoms with Gasteiger partial charge in [0.2, 0.25) is 0 Å². The summed E-state index contributed by atoms with van der Waals surface area (Å²) in [5, 5.41) is 3.03. The van der Waals surface area contributed by atoms with Crippen molar-refractivity contribution < 1.29 is 13.9 Å². The van der Waals surface area contributed by atoms with Crippen LogP contribution >= 0.6 is 11.6 Å². The molecule has 110 valence electrons. The van der Waals surface area contributed by atoms with Gasteiger partial charge in [-0.15, -0.1) is 0 Å². The number of ether oxygens (including phenoxy) is 1. The highest BCUT2D eigenvalue weighted by atomic mass is 35.5. The van der Waals surface area contributed by atoms with Crippen molar-refractivity contribution in [3.8, 4) is 5.75 Å². The normalized spacial score (nSPS) is 10.2. The first-order chi connectivity index (χ1) is 9.95. The Balaban J connectivity index is 1.95. The molecule has 0 aliphatic rings. The lowest BCUT2D eigenvalue weighted by atomic mass is 10.2. The fraction of sp³-hybridized carbons (Fsp3) is 0.133. The van der Waals surface area contributed by atoms with Crippen LogP contribution in [0.2, 0.25) is 5.02 Å². The Hall–Kier alpha value is -2.27. The number of benzene rings is 2. The minimum absolute atomic E-state index is 0.229. The van der Waals surface area contributed by atoms with Crippen LogP contribution in [0.25, 0.3) is 0 Å². The van der Waals surface area contributed by atoms with Crippen LogP contribution in [0.5, 0.6) is 5.75 Å². The lowest BCUT2D eigenvalue weighted by molar-refractivity contribution is -0.118. The van der Waals surface area contributed by atoms with Gasteiger partial charge in [-0.25, -0.2) is 4.39 Å². The molecule has 0 aliphatic carbocycles. The van der Waals surface area contributed by atoms with Crippen molar-refractivity contribution >= 4 is 28.9 Å². The van der Waals surface area contributed by atoms with E-state index in [9.17, 15) is 9.18 Å². The van der Waals surface area contributed by atoms with Gasteiger partial charge in [-0.2, -0.15) is 0 Å². The van der Waals surface area contributed by atoms with Gasteiger partial charge < -0.3 is 15.8 Å². The van der Waals surface area contributed by atoms with Crippen LogP contribution in [0.4, 0.5) is 15.8 Å². The molecular formula is C15H14ClFN2O2. The summed E-state index contributed by atoms with van der Waals surface area (Å²) < 4.78 is 18.4. The van der Waals surface area contributed by atoms with E-state index in [0.29, 0.717) is 22.1 Å². The van der Waals surface area contributed by atoms with Crippen molar-refractivity contribution in [1.82, 2.24) is 0 Å². The van der Waals surface area contributed by atoms with Crippen molar-refractivity contribution in [1.29, 1.82) is 0 Å². The van der Waals surface area contributed by atoms with Crippen molar-refractivity contribution in [2.24, 2.45) is 0 Å². The van der Waals surface area contributed by atoms with Gasteiger partial charge in [-0.05, 0) is 36.8 Å². The Morgan fingerprint density at radius 3 is 2.81 bits per heavy atom. The summed E-state index contributed by atoms with van der Waals surface area (Å²) in [7, 11) is 0. The molecule has 0 saturated carbocycles. The SMILES string of the molecule is Cc1ccc(F)cc1OCC(=O)Nc1ccc(Cl)c(N)c1. The molecule has 0 unspecified atom stereocenters. The third kappa shape index (κ3) is 4.10. The summed E-state index contributed by atoms with van der Waals surface area (Å²) >= 11 is 5.79. The molecule has 6 heteroatoms. The van der Waals surface area contributed by atoms with Gasteiger partial charge in [0.15, 0.2) is 6.61 Å². The van der Waals surface area contributed by atoms with Gasteiger partial charge in [0.25, 0.3) is 5.91 Å². The molecule has 0 bridgehead atoms. The Morgan fingerprint density at radius 1 is 1.33 bits per heavy atom. The Labute approximate surface area is 126 Å². The zero-order valence-corrected chi connectivity index (χ0v) is 12.1. The van der Waals surface area contributed by atoms with Crippen LogP contribution in [0.1, 0.15) is 5.56 Å². The van der Waals surface area contributed by atoms with E-state index in [1.807, 2.05) is 0 Å². The second-order valence-corrected chi connectivity index (χ2v) is 4.89. The van der Waals surface area contributed by atoms with E-state index in [2.05, 4.69) is 5.32 Å². The van der Waals surface area contributed by atoms with Gasteiger partial charge in [0.1, 0.15) is 11.6 Å². The number of amides is 1. The monoisotopic (exact) mass is 308 g/mol. The first kappa shape index (κ1) is 15.1. The predicted molar refractivity (Wildman–Crippen MR) is 81.1 cm³/mol. The first-order valence-electron chi connectivity index (χ1n) is 6.19. The zero-order chi connectivity index (χ0) is 15.4. The van der Waals surface area contributed by atoms with Crippen LogP contribution in [-0.2, 0) is 4.79 Å². The molecule has 2 aromatic rings. The number of carbonyl (C=O) groups is 1. The molecular weight excluding hydrogens is 295 g/mol. The third-order valence-electron chi connectivity index (χ3n) is 2.79. The lowest BCUT2D eigenvalue weighted by Gasteiger charge is -2.10. The number of hydrogen-bond donors (Lipinski definition) is 2. The quantitative estimate of drug-likeness (QED) is 0.851. The molecule has 0 saturated heterocycles. The van der Waals surface area contributed by atoms with Gasteiger partial charge >= 0.3 is 0 Å². The van der Waals surface area contributed by atoms with Gasteiger partial charge in [0, 0.05) is 11.8 Å². The van der Waals surface area contributed by atoms with Crippen molar-refractivity contribution in [2.75, 3.05) is 17.7 Å². The summed E-state index contributed by atoms with van der Waals surface area (Å²) in [6.45, 7) is 1.54. The number of aryl methyl sites for hydroxylation is 1. The van der Waals surface area contributed by atoms with Crippen LogP contribution in [0.3, 0.4) is 0 Å². The molecule has 21 heavy (non-hydrogen) atoms. The minimum Gasteiger partial charge on any atom is -0.483 e. The maximum absolute atomic E-state index is 13.1. The summed E-state index contributed by atoms with van der Waals surface area (Å²) in [4.78, 5) is 11.8. The molecule has 2 rings (SSSR count). The predicted octanol–water partition coefficient (Wildman–Crippen LogP) is 3.39. The number of nitrogen functional groups attached to an aromatic ring is 1. The number of nitrogens with two attached hydrogens (primary N) is 1. The maximum atomic E-state index is 13.1. The number of hydrogen-bond acceptors (Lipinski definition) is 3. The van der Waals surface area contributed by atoms with Crippen molar-refractivity contribution in [3.63, 3.8) is 0 Å². The van der Waals surface area contributed by atoms with Crippen LogP contribution in [-0.4, -0.2) is 12.5 Å². The fourth-order valence-electron chi connectivity index (χ4n) is 1.69. The largest absolute Gasteiger partial charge is 0.483 e. The highest BCUT2D eigenvalue weighted by Crippen LogP contribution is 2.22.